The van der Waals surface area contributed by atoms with Gasteiger partial charge in [-0.2, -0.15) is 0 Å². The van der Waals surface area contributed by atoms with Crippen LogP contribution in [0, 0.1) is 5.82 Å². The molecule has 3 N–H and O–H groups in total. The fourth-order valence-corrected chi connectivity index (χ4v) is 1.86. The summed E-state index contributed by atoms with van der Waals surface area (Å²) in [4.78, 5) is 26.7. The number of carbonyl (C=O) groups is 2. The Balaban J connectivity index is 1.95. The lowest BCUT2D eigenvalue weighted by molar-refractivity contribution is -0.124. The van der Waals surface area contributed by atoms with Crippen LogP contribution in [0.25, 0.3) is 0 Å². The third-order valence-corrected chi connectivity index (χ3v) is 2.84. The van der Waals surface area contributed by atoms with Crippen LogP contribution in [0.2, 0.25) is 5.02 Å². The van der Waals surface area contributed by atoms with Crippen molar-refractivity contribution < 1.29 is 14.0 Å². The number of hydrogen-bond acceptors (Lipinski definition) is 3. The van der Waals surface area contributed by atoms with E-state index in [1.54, 1.807) is 0 Å². The van der Waals surface area contributed by atoms with Gasteiger partial charge in [0.25, 0.3) is 0 Å². The number of nitrogens with zero attached hydrogens (tertiary/aromatic N) is 1. The maximum atomic E-state index is 13.4. The van der Waals surface area contributed by atoms with Gasteiger partial charge in [0, 0.05) is 12.7 Å². The number of carbonyl (C=O) groups excluding carboxylic acids is 2. The van der Waals surface area contributed by atoms with Gasteiger partial charge in [0.15, 0.2) is 11.6 Å². The van der Waals surface area contributed by atoms with Gasteiger partial charge in [-0.05, 0) is 18.9 Å². The molecule has 1 fully saturated rings. The second kappa shape index (κ2) is 5.83. The first kappa shape index (κ1) is 13.5. The van der Waals surface area contributed by atoms with Crippen molar-refractivity contribution in [3.63, 3.8) is 0 Å². The van der Waals surface area contributed by atoms with E-state index < -0.39 is 17.9 Å². The third kappa shape index (κ3) is 3.54. The summed E-state index contributed by atoms with van der Waals surface area (Å²) < 4.78 is 13.4. The maximum absolute atomic E-state index is 13.4. The zero-order valence-corrected chi connectivity index (χ0v) is 10.6. The van der Waals surface area contributed by atoms with Crippen molar-refractivity contribution in [2.45, 2.75) is 18.9 Å². The molecule has 19 heavy (non-hydrogen) atoms. The second-order valence-electron chi connectivity index (χ2n) is 4.07. The number of halogens is 2. The van der Waals surface area contributed by atoms with Crippen molar-refractivity contribution in [1.29, 1.82) is 0 Å². The normalized spacial score (nSPS) is 18.6. The molecule has 1 saturated heterocycles. The highest BCUT2D eigenvalue weighted by molar-refractivity contribution is 6.30. The Bertz CT molecular complexity index is 511. The fourth-order valence-electron chi connectivity index (χ4n) is 1.72. The molecule has 0 unspecified atom stereocenters. The third-order valence-electron chi connectivity index (χ3n) is 2.63. The zero-order chi connectivity index (χ0) is 13.8. The number of hydrogen-bond donors (Lipinski definition) is 3. The molecule has 1 aromatic rings. The second-order valence-corrected chi connectivity index (χ2v) is 4.50. The van der Waals surface area contributed by atoms with E-state index >= 15 is 0 Å². The molecule has 0 radical (unpaired) electrons. The highest BCUT2D eigenvalue weighted by Crippen LogP contribution is 2.15. The maximum Gasteiger partial charge on any atom is 0.321 e. The molecule has 0 bridgehead atoms. The fraction of sp³-hybridized carbons (Fsp3) is 0.364. The molecule has 1 aliphatic heterocycles. The Morgan fingerprint density at radius 2 is 2.37 bits per heavy atom. The first-order chi connectivity index (χ1) is 9.06. The summed E-state index contributed by atoms with van der Waals surface area (Å²) >= 11 is 5.54. The molecule has 8 heteroatoms. The van der Waals surface area contributed by atoms with Crippen LogP contribution in [0.1, 0.15) is 12.8 Å². The first-order valence-corrected chi connectivity index (χ1v) is 6.10. The number of amides is 3. The number of rotatable bonds is 2. The Hall–Kier alpha value is -1.89. The van der Waals surface area contributed by atoms with E-state index in [1.807, 2.05) is 0 Å². The van der Waals surface area contributed by atoms with Crippen LogP contribution in [0.3, 0.4) is 0 Å². The van der Waals surface area contributed by atoms with Gasteiger partial charge in [0.1, 0.15) is 6.04 Å². The van der Waals surface area contributed by atoms with E-state index in [2.05, 4.69) is 20.9 Å². The molecule has 1 aliphatic rings. The minimum absolute atomic E-state index is 0.134. The quantitative estimate of drug-likeness (QED) is 0.766. The summed E-state index contributed by atoms with van der Waals surface area (Å²) in [5.74, 6) is -1.22. The van der Waals surface area contributed by atoms with Gasteiger partial charge in [-0.25, -0.2) is 14.2 Å². The molecular weight excluding hydrogens is 275 g/mol. The van der Waals surface area contributed by atoms with Crippen LogP contribution < -0.4 is 16.0 Å². The first-order valence-electron chi connectivity index (χ1n) is 5.72. The number of pyridine rings is 1. The smallest absolute Gasteiger partial charge is 0.321 e. The van der Waals surface area contributed by atoms with E-state index in [9.17, 15) is 14.0 Å². The van der Waals surface area contributed by atoms with Gasteiger partial charge in [-0.1, -0.05) is 11.6 Å². The molecule has 3 amide bonds. The Morgan fingerprint density at radius 3 is 3.05 bits per heavy atom. The predicted octanol–water partition coefficient (Wildman–Crippen LogP) is 1.27. The highest BCUT2D eigenvalue weighted by atomic mass is 35.5. The average molecular weight is 287 g/mol. The lowest BCUT2D eigenvalue weighted by Crippen LogP contribution is -2.51. The molecule has 0 saturated carbocycles. The predicted molar refractivity (Wildman–Crippen MR) is 67.4 cm³/mol. The summed E-state index contributed by atoms with van der Waals surface area (Å²) in [6, 6.07) is -0.253. The summed E-state index contributed by atoms with van der Waals surface area (Å²) in [6.07, 6.45) is 2.55. The summed E-state index contributed by atoms with van der Waals surface area (Å²) in [5.41, 5.74) is 0. The SMILES string of the molecule is O=C(Nc1ncc(Cl)cc1F)N[C@@H]1CCCNC1=O. The standard InChI is InChI=1S/C11H12ClFN4O2/c12-6-4-7(13)9(15-5-6)17-11(19)16-8-2-1-3-14-10(8)18/h4-5,8H,1-3H2,(H,14,18)(H2,15,16,17,19)/t8-/m1/s1. The Labute approximate surface area is 113 Å². The van der Waals surface area contributed by atoms with Crippen molar-refractivity contribution in [2.24, 2.45) is 0 Å². The van der Waals surface area contributed by atoms with Crippen LogP contribution in [0.5, 0.6) is 0 Å². The zero-order valence-electron chi connectivity index (χ0n) is 9.87. The minimum Gasteiger partial charge on any atom is -0.354 e. The molecule has 0 aromatic carbocycles. The number of piperidine rings is 1. The van der Waals surface area contributed by atoms with Gasteiger partial charge in [0.2, 0.25) is 5.91 Å². The van der Waals surface area contributed by atoms with Crippen molar-refractivity contribution in [3.05, 3.63) is 23.1 Å². The molecule has 6 nitrogen and oxygen atoms in total. The molecular formula is C11H12ClFN4O2. The van der Waals surface area contributed by atoms with E-state index in [1.165, 1.54) is 6.20 Å². The lowest BCUT2D eigenvalue weighted by Gasteiger charge is -2.22. The molecule has 1 atom stereocenters. The van der Waals surface area contributed by atoms with Crippen LogP contribution in [-0.4, -0.2) is 29.5 Å². The Morgan fingerprint density at radius 1 is 1.58 bits per heavy atom. The number of anilines is 1. The Kier molecular flexibility index (Phi) is 4.16. The van der Waals surface area contributed by atoms with Gasteiger partial charge in [0.05, 0.1) is 5.02 Å². The van der Waals surface area contributed by atoms with Crippen molar-refractivity contribution >= 4 is 29.4 Å². The van der Waals surface area contributed by atoms with E-state index in [-0.39, 0.29) is 16.7 Å². The largest absolute Gasteiger partial charge is 0.354 e. The number of aromatic nitrogens is 1. The molecule has 0 aliphatic carbocycles. The van der Waals surface area contributed by atoms with Gasteiger partial charge < -0.3 is 10.6 Å². The molecule has 0 spiro atoms. The molecule has 2 heterocycles. The minimum atomic E-state index is -0.740. The molecule has 2 rings (SSSR count). The number of nitrogens with one attached hydrogen (secondary N) is 3. The topological polar surface area (TPSA) is 83.1 Å². The van der Waals surface area contributed by atoms with E-state index in [0.717, 1.165) is 12.5 Å². The van der Waals surface area contributed by atoms with Gasteiger partial charge in [-0.3, -0.25) is 10.1 Å². The van der Waals surface area contributed by atoms with Crippen LogP contribution in [0.15, 0.2) is 12.3 Å². The van der Waals surface area contributed by atoms with E-state index in [0.29, 0.717) is 13.0 Å². The summed E-state index contributed by atoms with van der Waals surface area (Å²) in [6.45, 7) is 0.603. The van der Waals surface area contributed by atoms with Gasteiger partial charge >= 0.3 is 6.03 Å². The van der Waals surface area contributed by atoms with Crippen molar-refractivity contribution in [3.8, 4) is 0 Å². The lowest BCUT2D eigenvalue weighted by atomic mass is 10.1. The van der Waals surface area contributed by atoms with Gasteiger partial charge in [-0.15, -0.1) is 0 Å². The van der Waals surface area contributed by atoms with E-state index in [4.69, 9.17) is 11.6 Å². The van der Waals surface area contributed by atoms with Crippen molar-refractivity contribution in [1.82, 2.24) is 15.6 Å². The van der Waals surface area contributed by atoms with Crippen LogP contribution >= 0.6 is 11.6 Å². The average Bonchev–Trinajstić information content (AvgIpc) is 2.36. The monoisotopic (exact) mass is 286 g/mol. The van der Waals surface area contributed by atoms with Crippen LogP contribution in [-0.2, 0) is 4.79 Å². The van der Waals surface area contributed by atoms with Crippen molar-refractivity contribution in [2.75, 3.05) is 11.9 Å². The molecule has 102 valence electrons. The summed E-state index contributed by atoms with van der Waals surface area (Å²) in [5, 5.41) is 7.45. The number of urea groups is 1. The van der Waals surface area contributed by atoms with Crippen LogP contribution in [0.4, 0.5) is 15.0 Å². The highest BCUT2D eigenvalue weighted by Gasteiger charge is 2.23. The molecule has 1 aromatic heterocycles. The summed E-state index contributed by atoms with van der Waals surface area (Å²) in [7, 11) is 0.